The molecular weight excluding hydrogens is 352 g/mol. The number of nitro groups is 1. The monoisotopic (exact) mass is 370 g/mol. The van der Waals surface area contributed by atoms with Gasteiger partial charge in [-0.05, 0) is 37.1 Å². The molecule has 2 heterocycles. The molecule has 2 aromatic heterocycles. The fraction of sp³-hybridized carbons (Fsp3) is 0.500. The number of hydrogen-bond acceptors (Lipinski definition) is 7. The maximum Gasteiger partial charge on any atom is 0.311 e. The predicted molar refractivity (Wildman–Crippen MR) is 93.9 cm³/mol. The van der Waals surface area contributed by atoms with Gasteiger partial charge in [-0.3, -0.25) is 10.1 Å². The predicted octanol–water partition coefficient (Wildman–Crippen LogP) is 2.48. The zero-order chi connectivity index (χ0) is 17.3. The van der Waals surface area contributed by atoms with Gasteiger partial charge in [0.15, 0.2) is 0 Å². The second kappa shape index (κ2) is 6.61. The molecule has 1 aliphatic rings. The van der Waals surface area contributed by atoms with Crippen LogP contribution in [-0.2, 0) is 10.0 Å². The second-order valence-electron chi connectivity index (χ2n) is 5.99. The number of aromatic nitrogens is 1. The van der Waals surface area contributed by atoms with Crippen LogP contribution in [0.15, 0.2) is 17.6 Å². The highest BCUT2D eigenvalue weighted by Crippen LogP contribution is 2.36. The van der Waals surface area contributed by atoms with Gasteiger partial charge in [-0.15, -0.1) is 11.3 Å². The van der Waals surface area contributed by atoms with Crippen LogP contribution >= 0.6 is 11.3 Å². The van der Waals surface area contributed by atoms with Gasteiger partial charge in [0.05, 0.1) is 21.4 Å². The van der Waals surface area contributed by atoms with E-state index in [9.17, 15) is 18.5 Å². The Bertz CT molecular complexity index is 857. The molecule has 130 valence electrons. The van der Waals surface area contributed by atoms with Crippen molar-refractivity contribution in [1.29, 1.82) is 0 Å². The van der Waals surface area contributed by atoms with Crippen LogP contribution in [0.25, 0.3) is 10.2 Å². The molecule has 0 radical (unpaired) electrons. The van der Waals surface area contributed by atoms with Crippen molar-refractivity contribution in [3.8, 4) is 0 Å². The van der Waals surface area contributed by atoms with Gasteiger partial charge in [0.2, 0.25) is 10.0 Å². The van der Waals surface area contributed by atoms with Crippen LogP contribution in [0.3, 0.4) is 0 Å². The Balaban J connectivity index is 1.75. The lowest BCUT2D eigenvalue weighted by atomic mass is 9.91. The number of thiophene rings is 1. The van der Waals surface area contributed by atoms with Gasteiger partial charge >= 0.3 is 5.69 Å². The molecule has 0 atom stereocenters. The molecule has 1 saturated carbocycles. The number of sulfonamides is 1. The Morgan fingerprint density at radius 3 is 2.58 bits per heavy atom. The molecule has 0 saturated heterocycles. The molecular formula is C14H18N4O4S2. The van der Waals surface area contributed by atoms with E-state index < -0.39 is 14.9 Å². The first-order valence-electron chi connectivity index (χ1n) is 7.58. The summed E-state index contributed by atoms with van der Waals surface area (Å²) in [4.78, 5) is 15.0. The quantitative estimate of drug-likeness (QED) is 0.617. The summed E-state index contributed by atoms with van der Waals surface area (Å²) in [7, 11) is -3.21. The Kier molecular flexibility index (Phi) is 4.70. The molecule has 0 aromatic carbocycles. The van der Waals surface area contributed by atoms with Crippen LogP contribution in [0, 0.1) is 10.1 Å². The normalized spacial score (nSPS) is 21.7. The summed E-state index contributed by atoms with van der Waals surface area (Å²) in [5.74, 6) is 0. The third-order valence-electron chi connectivity index (χ3n) is 4.11. The van der Waals surface area contributed by atoms with Crippen LogP contribution in [-0.4, -0.2) is 36.7 Å². The molecule has 0 aliphatic heterocycles. The SMILES string of the molecule is CS(=O)(=O)NC1CCC(Nc2c([N+](=O)[O-])cnc3ccsc23)CC1. The van der Waals surface area contributed by atoms with Crippen molar-refractivity contribution in [3.63, 3.8) is 0 Å². The highest BCUT2D eigenvalue weighted by Gasteiger charge is 2.26. The van der Waals surface area contributed by atoms with Gasteiger partial charge in [0, 0.05) is 12.1 Å². The van der Waals surface area contributed by atoms with Crippen LogP contribution in [0.4, 0.5) is 11.4 Å². The van der Waals surface area contributed by atoms with Crippen molar-refractivity contribution < 1.29 is 13.3 Å². The first-order valence-corrected chi connectivity index (χ1v) is 10.3. The fourth-order valence-electron chi connectivity index (χ4n) is 3.04. The van der Waals surface area contributed by atoms with E-state index in [0.717, 1.165) is 29.3 Å². The average Bonchev–Trinajstić information content (AvgIpc) is 2.96. The number of nitrogens with zero attached hydrogens (tertiary/aromatic N) is 2. The van der Waals surface area contributed by atoms with Gasteiger partial charge in [0.1, 0.15) is 11.9 Å². The summed E-state index contributed by atoms with van der Waals surface area (Å²) in [5.41, 5.74) is 1.22. The minimum Gasteiger partial charge on any atom is -0.375 e. The van der Waals surface area contributed by atoms with E-state index in [0.29, 0.717) is 18.5 Å². The van der Waals surface area contributed by atoms with Crippen molar-refractivity contribution in [2.75, 3.05) is 11.6 Å². The number of nitrogens with one attached hydrogen (secondary N) is 2. The van der Waals surface area contributed by atoms with Crippen LogP contribution in [0.1, 0.15) is 25.7 Å². The van der Waals surface area contributed by atoms with Crippen molar-refractivity contribution in [2.45, 2.75) is 37.8 Å². The van der Waals surface area contributed by atoms with Gasteiger partial charge in [-0.25, -0.2) is 18.1 Å². The molecule has 10 heteroatoms. The molecule has 0 amide bonds. The Morgan fingerprint density at radius 1 is 1.29 bits per heavy atom. The largest absolute Gasteiger partial charge is 0.375 e. The number of fused-ring (bicyclic) bond motifs is 1. The van der Waals surface area contributed by atoms with Gasteiger partial charge < -0.3 is 5.32 Å². The summed E-state index contributed by atoms with van der Waals surface area (Å²) >= 11 is 1.42. The molecule has 24 heavy (non-hydrogen) atoms. The highest BCUT2D eigenvalue weighted by atomic mass is 32.2. The lowest BCUT2D eigenvalue weighted by Crippen LogP contribution is -2.39. The van der Waals surface area contributed by atoms with Crippen LogP contribution < -0.4 is 10.0 Å². The molecule has 2 aromatic rings. The standard InChI is InChI=1S/C14H18N4O4S2/c1-24(21,22)17-10-4-2-9(3-5-10)16-13-12(18(19)20)8-15-11-6-7-23-14(11)13/h6-10,17H,2-5H2,1H3,(H,15,16). The number of anilines is 1. The van der Waals surface area contributed by atoms with Crippen LogP contribution in [0.2, 0.25) is 0 Å². The smallest absolute Gasteiger partial charge is 0.311 e. The summed E-state index contributed by atoms with van der Waals surface area (Å²) < 4.78 is 26.0. The second-order valence-corrected chi connectivity index (χ2v) is 8.69. The van der Waals surface area contributed by atoms with E-state index in [1.807, 2.05) is 11.4 Å². The summed E-state index contributed by atoms with van der Waals surface area (Å²) in [6, 6.07) is 1.85. The van der Waals surface area contributed by atoms with Crippen molar-refractivity contribution in [2.24, 2.45) is 0 Å². The lowest BCUT2D eigenvalue weighted by Gasteiger charge is -2.29. The molecule has 1 aliphatic carbocycles. The van der Waals surface area contributed by atoms with E-state index in [1.165, 1.54) is 17.5 Å². The van der Waals surface area contributed by atoms with E-state index in [2.05, 4.69) is 15.0 Å². The number of pyridine rings is 1. The zero-order valence-electron chi connectivity index (χ0n) is 13.1. The Hall–Kier alpha value is -1.78. The van der Waals surface area contributed by atoms with Gasteiger partial charge in [0.25, 0.3) is 0 Å². The van der Waals surface area contributed by atoms with Crippen molar-refractivity contribution >= 4 is 43.0 Å². The van der Waals surface area contributed by atoms with E-state index in [-0.39, 0.29) is 17.8 Å². The van der Waals surface area contributed by atoms with E-state index >= 15 is 0 Å². The van der Waals surface area contributed by atoms with Crippen LogP contribution in [0.5, 0.6) is 0 Å². The van der Waals surface area contributed by atoms with Crippen molar-refractivity contribution in [3.05, 3.63) is 27.8 Å². The molecule has 8 nitrogen and oxygen atoms in total. The maximum absolute atomic E-state index is 11.3. The maximum atomic E-state index is 11.3. The topological polar surface area (TPSA) is 114 Å². The summed E-state index contributed by atoms with van der Waals surface area (Å²) in [5, 5.41) is 16.4. The molecule has 2 N–H and O–H groups in total. The average molecular weight is 370 g/mol. The third-order valence-corrected chi connectivity index (χ3v) is 5.79. The fourth-order valence-corrected chi connectivity index (χ4v) is 4.74. The van der Waals surface area contributed by atoms with E-state index in [1.54, 1.807) is 0 Å². The molecule has 0 bridgehead atoms. The highest BCUT2D eigenvalue weighted by molar-refractivity contribution is 7.88. The van der Waals surface area contributed by atoms with Crippen molar-refractivity contribution in [1.82, 2.24) is 9.71 Å². The van der Waals surface area contributed by atoms with Gasteiger partial charge in [-0.2, -0.15) is 0 Å². The number of hydrogen-bond donors (Lipinski definition) is 2. The third kappa shape index (κ3) is 3.82. The summed E-state index contributed by atoms with van der Waals surface area (Å²) in [6.07, 6.45) is 5.35. The zero-order valence-corrected chi connectivity index (χ0v) is 14.7. The molecule has 3 rings (SSSR count). The number of rotatable bonds is 5. The Morgan fingerprint density at radius 2 is 1.96 bits per heavy atom. The van der Waals surface area contributed by atoms with Gasteiger partial charge in [-0.1, -0.05) is 0 Å². The molecule has 0 unspecified atom stereocenters. The van der Waals surface area contributed by atoms with E-state index in [4.69, 9.17) is 0 Å². The minimum absolute atomic E-state index is 0.0265. The Labute approximate surface area is 143 Å². The summed E-state index contributed by atoms with van der Waals surface area (Å²) in [6.45, 7) is 0. The molecule has 0 spiro atoms. The lowest BCUT2D eigenvalue weighted by molar-refractivity contribution is -0.384. The first kappa shape index (κ1) is 17.1. The minimum atomic E-state index is -3.21. The molecule has 1 fully saturated rings. The first-order chi connectivity index (χ1) is 11.3.